The number of halogens is 1. The molecule has 2 heterocycles. The van der Waals surface area contributed by atoms with Crippen molar-refractivity contribution in [3.05, 3.63) is 52.4 Å². The Morgan fingerprint density at radius 1 is 1.17 bits per heavy atom. The molecule has 2 aromatic rings. The lowest BCUT2D eigenvalue weighted by molar-refractivity contribution is 0.0773. The molecular formula is C17H17BrN2O3S. The summed E-state index contributed by atoms with van der Waals surface area (Å²) in [7, 11) is 1.65. The number of hydrogen-bond donors (Lipinski definition) is 0. The monoisotopic (exact) mass is 408 g/mol. The zero-order valence-corrected chi connectivity index (χ0v) is 15.6. The number of amides is 2. The van der Waals surface area contributed by atoms with Gasteiger partial charge in [0.1, 0.15) is 0 Å². The van der Waals surface area contributed by atoms with Crippen molar-refractivity contribution >= 4 is 45.2 Å². The molecule has 2 amide bonds. The van der Waals surface area contributed by atoms with Crippen molar-refractivity contribution in [2.75, 3.05) is 36.5 Å². The Labute approximate surface area is 153 Å². The number of para-hydroxylation sites is 1. The molecule has 126 valence electrons. The molecule has 5 nitrogen and oxygen atoms in total. The Morgan fingerprint density at radius 2 is 1.88 bits per heavy atom. The van der Waals surface area contributed by atoms with Crippen molar-refractivity contribution in [3.8, 4) is 0 Å². The van der Waals surface area contributed by atoms with Crippen LogP contribution in [0.5, 0.6) is 0 Å². The summed E-state index contributed by atoms with van der Waals surface area (Å²) in [5.74, 6) is 1.79. The summed E-state index contributed by atoms with van der Waals surface area (Å²) < 4.78 is 5.83. The molecule has 1 saturated heterocycles. The average Bonchev–Trinajstić information content (AvgIpc) is 3.07. The number of anilines is 1. The minimum absolute atomic E-state index is 0.0359. The van der Waals surface area contributed by atoms with Crippen LogP contribution in [0.3, 0.4) is 0 Å². The molecule has 0 atom stereocenters. The van der Waals surface area contributed by atoms with Crippen molar-refractivity contribution < 1.29 is 14.0 Å². The Kier molecular flexibility index (Phi) is 5.30. The first-order valence-electron chi connectivity index (χ1n) is 7.57. The quantitative estimate of drug-likeness (QED) is 0.779. The highest BCUT2D eigenvalue weighted by Crippen LogP contribution is 2.25. The van der Waals surface area contributed by atoms with E-state index in [1.807, 2.05) is 28.8 Å². The van der Waals surface area contributed by atoms with Gasteiger partial charge in [0.05, 0.1) is 11.3 Å². The van der Waals surface area contributed by atoms with Crippen LogP contribution >= 0.6 is 27.7 Å². The van der Waals surface area contributed by atoms with E-state index >= 15 is 0 Å². The number of carbonyl (C=O) groups excluding carboxylic acids is 2. The lowest BCUT2D eigenvalue weighted by Gasteiger charge is -2.28. The van der Waals surface area contributed by atoms with Gasteiger partial charge in [0.25, 0.3) is 11.8 Å². The van der Waals surface area contributed by atoms with Crippen molar-refractivity contribution in [1.29, 1.82) is 0 Å². The van der Waals surface area contributed by atoms with E-state index in [2.05, 4.69) is 15.9 Å². The number of rotatable bonds is 3. The molecule has 24 heavy (non-hydrogen) atoms. The van der Waals surface area contributed by atoms with E-state index in [0.717, 1.165) is 24.6 Å². The van der Waals surface area contributed by atoms with Gasteiger partial charge in [-0.3, -0.25) is 9.59 Å². The largest absolute Gasteiger partial charge is 0.444 e. The van der Waals surface area contributed by atoms with Gasteiger partial charge in [0.2, 0.25) is 0 Å². The number of thioether (sulfide) groups is 1. The molecule has 7 heteroatoms. The van der Waals surface area contributed by atoms with Gasteiger partial charge in [-0.25, -0.2) is 0 Å². The first-order valence-corrected chi connectivity index (χ1v) is 9.52. The molecule has 0 spiro atoms. The topological polar surface area (TPSA) is 53.8 Å². The second kappa shape index (κ2) is 7.44. The lowest BCUT2D eigenvalue weighted by Crippen LogP contribution is -2.39. The summed E-state index contributed by atoms with van der Waals surface area (Å²) in [6.45, 7) is 1.47. The molecule has 1 fully saturated rings. The number of hydrogen-bond acceptors (Lipinski definition) is 4. The summed E-state index contributed by atoms with van der Waals surface area (Å²) in [5.41, 5.74) is 1.11. The van der Waals surface area contributed by atoms with Gasteiger partial charge in [-0.2, -0.15) is 11.8 Å². The molecule has 0 N–H and O–H groups in total. The van der Waals surface area contributed by atoms with Crippen LogP contribution in [0.15, 0.2) is 45.5 Å². The first kappa shape index (κ1) is 17.1. The summed E-state index contributed by atoms with van der Waals surface area (Å²) in [4.78, 5) is 28.7. The van der Waals surface area contributed by atoms with Gasteiger partial charge in [0.15, 0.2) is 10.4 Å². The van der Waals surface area contributed by atoms with Gasteiger partial charge < -0.3 is 14.2 Å². The number of nitrogens with zero attached hydrogens (tertiary/aromatic N) is 2. The molecule has 1 aromatic carbocycles. The van der Waals surface area contributed by atoms with E-state index in [0.29, 0.717) is 15.9 Å². The predicted octanol–water partition coefficient (Wildman–Crippen LogP) is 3.51. The molecule has 1 aliphatic heterocycles. The molecular weight excluding hydrogens is 392 g/mol. The highest BCUT2D eigenvalue weighted by molar-refractivity contribution is 9.10. The van der Waals surface area contributed by atoms with Gasteiger partial charge >= 0.3 is 0 Å². The molecule has 0 bridgehead atoms. The zero-order chi connectivity index (χ0) is 17.1. The van der Waals surface area contributed by atoms with Crippen LogP contribution in [0.2, 0.25) is 0 Å². The van der Waals surface area contributed by atoms with Crippen LogP contribution in [0.4, 0.5) is 5.69 Å². The maximum Gasteiger partial charge on any atom is 0.293 e. The smallest absolute Gasteiger partial charge is 0.293 e. The summed E-state index contributed by atoms with van der Waals surface area (Å²) in [6.07, 6.45) is 0. The minimum atomic E-state index is -0.296. The van der Waals surface area contributed by atoms with Gasteiger partial charge in [-0.15, -0.1) is 0 Å². The Hall–Kier alpha value is -1.73. The Bertz CT molecular complexity index is 756. The molecule has 0 unspecified atom stereocenters. The van der Waals surface area contributed by atoms with Crippen LogP contribution in [-0.2, 0) is 0 Å². The molecule has 0 saturated carbocycles. The predicted molar refractivity (Wildman–Crippen MR) is 98.8 cm³/mol. The lowest BCUT2D eigenvalue weighted by atomic mass is 10.1. The molecule has 1 aromatic heterocycles. The Balaban J connectivity index is 1.88. The highest BCUT2D eigenvalue weighted by atomic mass is 79.9. The van der Waals surface area contributed by atoms with Gasteiger partial charge in [-0.05, 0) is 40.2 Å². The SMILES string of the molecule is CN(C(=O)c1ccc(Br)o1)c1ccccc1C(=O)N1CCSCC1. The Morgan fingerprint density at radius 3 is 2.54 bits per heavy atom. The van der Waals surface area contributed by atoms with Crippen molar-refractivity contribution in [3.63, 3.8) is 0 Å². The molecule has 1 aliphatic rings. The third kappa shape index (κ3) is 3.52. The number of benzene rings is 1. The van der Waals surface area contributed by atoms with Gasteiger partial charge in [-0.1, -0.05) is 12.1 Å². The summed E-state index contributed by atoms with van der Waals surface area (Å²) in [6, 6.07) is 10.5. The van der Waals surface area contributed by atoms with Crippen LogP contribution < -0.4 is 4.90 Å². The van der Waals surface area contributed by atoms with E-state index < -0.39 is 0 Å². The van der Waals surface area contributed by atoms with Gasteiger partial charge in [0, 0.05) is 31.6 Å². The fourth-order valence-electron chi connectivity index (χ4n) is 2.59. The van der Waals surface area contributed by atoms with Crippen LogP contribution in [0.1, 0.15) is 20.9 Å². The maximum absolute atomic E-state index is 12.8. The second-order valence-corrected chi connectivity index (χ2v) is 7.40. The average molecular weight is 409 g/mol. The number of furan rings is 1. The third-order valence-electron chi connectivity index (χ3n) is 3.88. The van der Waals surface area contributed by atoms with Crippen molar-refractivity contribution in [2.45, 2.75) is 0 Å². The van der Waals surface area contributed by atoms with E-state index in [9.17, 15) is 9.59 Å². The molecule has 3 rings (SSSR count). The number of carbonyl (C=O) groups is 2. The standard InChI is InChI=1S/C17H17BrN2O3S/c1-19(17(22)14-6-7-15(18)23-14)13-5-3-2-4-12(13)16(21)20-8-10-24-11-9-20/h2-7H,8-11H2,1H3. The minimum Gasteiger partial charge on any atom is -0.444 e. The third-order valence-corrected chi connectivity index (χ3v) is 5.25. The first-order chi connectivity index (χ1) is 11.6. The normalized spacial score (nSPS) is 14.5. The zero-order valence-electron chi connectivity index (χ0n) is 13.2. The molecule has 0 radical (unpaired) electrons. The fourth-order valence-corrected chi connectivity index (χ4v) is 3.80. The van der Waals surface area contributed by atoms with Crippen molar-refractivity contribution in [2.24, 2.45) is 0 Å². The fraction of sp³-hybridized carbons (Fsp3) is 0.294. The van der Waals surface area contributed by atoms with E-state index in [1.54, 1.807) is 31.3 Å². The second-order valence-electron chi connectivity index (χ2n) is 5.39. The highest BCUT2D eigenvalue weighted by Gasteiger charge is 2.25. The van der Waals surface area contributed by atoms with Crippen LogP contribution in [-0.4, -0.2) is 48.4 Å². The van der Waals surface area contributed by atoms with Crippen molar-refractivity contribution in [1.82, 2.24) is 4.90 Å². The van der Waals surface area contributed by atoms with E-state index in [4.69, 9.17) is 4.42 Å². The summed E-state index contributed by atoms with van der Waals surface area (Å²) in [5, 5.41) is 0. The molecule has 0 aliphatic carbocycles. The van der Waals surface area contributed by atoms with Crippen LogP contribution in [0, 0.1) is 0 Å². The van der Waals surface area contributed by atoms with E-state index in [-0.39, 0.29) is 17.6 Å². The summed E-state index contributed by atoms with van der Waals surface area (Å²) >= 11 is 5.05. The maximum atomic E-state index is 12.8. The van der Waals surface area contributed by atoms with E-state index in [1.165, 1.54) is 4.90 Å². The van der Waals surface area contributed by atoms with Crippen LogP contribution in [0.25, 0.3) is 0 Å².